The highest BCUT2D eigenvalue weighted by atomic mass is 79.9. The number of alkyl halides is 3. The largest absolute Gasteiger partial charge is 0.508 e. The summed E-state index contributed by atoms with van der Waals surface area (Å²) in [6, 6.07) is 70.5. The van der Waals surface area contributed by atoms with Gasteiger partial charge < -0.3 is 92.2 Å². The molecule has 0 fully saturated rings. The highest BCUT2D eigenvalue weighted by Gasteiger charge is 2.30. The second kappa shape index (κ2) is 56.3. The number of rotatable bonds is 6. The van der Waals surface area contributed by atoms with Crippen LogP contribution < -0.4 is 32.2 Å². The lowest BCUT2D eigenvalue weighted by Gasteiger charge is -2.11. The Kier molecular flexibility index (Phi) is 48.4. The van der Waals surface area contributed by atoms with Crippen LogP contribution in [0.1, 0.15) is 33.2 Å². The molecule has 0 aliphatic carbocycles. The zero-order chi connectivity index (χ0) is 90.3. The number of aromatic nitrogens is 3. The van der Waals surface area contributed by atoms with Crippen LogP contribution in [0.25, 0.3) is 4.85 Å². The maximum atomic E-state index is 12.0. The normalized spacial score (nSPS) is 9.48. The van der Waals surface area contributed by atoms with Gasteiger partial charge in [0.05, 0.1) is 17.0 Å². The van der Waals surface area contributed by atoms with E-state index in [1.807, 2.05) is 31.1 Å². The number of nitrogens with two attached hydrogens (primary N) is 2. The number of hydrogen-bond donors (Lipinski definition) is 16. The van der Waals surface area contributed by atoms with Gasteiger partial charge in [-0.1, -0.05) is 69.5 Å². The number of aromatic hydroxyl groups is 11. The van der Waals surface area contributed by atoms with Crippen LogP contribution in [0.5, 0.6) is 63.2 Å². The van der Waals surface area contributed by atoms with Gasteiger partial charge in [0.15, 0.2) is 5.69 Å². The molecule has 0 aliphatic heterocycles. The second-order valence-corrected chi connectivity index (χ2v) is 25.9. The number of aromatic amines is 2. The average molecular weight is 1780 g/mol. The van der Waals surface area contributed by atoms with Crippen LogP contribution in [-0.4, -0.2) is 117 Å². The molecule has 29 nitrogen and oxygen atoms in total. The number of nitrogens with one attached hydrogen (secondary N) is 3. The Bertz CT molecular complexity index is 5260. The fourth-order valence-corrected chi connectivity index (χ4v) is 8.23. The van der Waals surface area contributed by atoms with E-state index < -0.39 is 44.2 Å². The Morgan fingerprint density at radius 2 is 1.00 bits per heavy atom. The lowest BCUT2D eigenvalue weighted by Crippen LogP contribution is -2.11. The molecule has 10 aromatic carbocycles. The Morgan fingerprint density at radius 3 is 1.32 bits per heavy atom. The molecule has 120 heavy (non-hydrogen) atoms. The number of sulfonamides is 1. The topological polar surface area (TPSA) is 501 Å². The molecule has 2 amide bonds. The van der Waals surface area contributed by atoms with Crippen molar-refractivity contribution in [3.05, 3.63) is 383 Å². The summed E-state index contributed by atoms with van der Waals surface area (Å²) in [5.41, 5.74) is 7.20. The van der Waals surface area contributed by atoms with Crippen LogP contribution >= 0.6 is 39.1 Å². The van der Waals surface area contributed by atoms with Crippen LogP contribution in [0.3, 0.4) is 0 Å². The monoisotopic (exact) mass is 1780 g/mol. The first kappa shape index (κ1) is 103. The number of benzene rings is 10. The number of primary amides is 1. The van der Waals surface area contributed by atoms with Gasteiger partial charge in [0.1, 0.15) is 80.9 Å². The molecule has 0 radical (unpaired) electrons. The van der Waals surface area contributed by atoms with Crippen LogP contribution in [0.2, 0.25) is 10.2 Å². The number of carbonyl (C=O) groups is 3. The van der Waals surface area contributed by atoms with Crippen molar-refractivity contribution in [3.8, 4) is 63.2 Å². The first-order chi connectivity index (χ1) is 56.5. The lowest BCUT2D eigenvalue weighted by atomic mass is 10.2. The van der Waals surface area contributed by atoms with Crippen molar-refractivity contribution in [3.63, 3.8) is 0 Å². The summed E-state index contributed by atoms with van der Waals surface area (Å²) < 4.78 is 69.8. The minimum absolute atomic E-state index is 0.00435. The van der Waals surface area contributed by atoms with E-state index in [0.717, 1.165) is 40.7 Å². The molecule has 0 spiro atoms. The number of carbonyl (C=O) groups excluding carboxylic acids is 3. The molecule has 3 aromatic heterocycles. The Hall–Kier alpha value is -15.0. The Balaban J connectivity index is 0.000000651. The number of phenolic OH excluding ortho intramolecular Hbond substituents is 10. The van der Waals surface area contributed by atoms with Crippen molar-refractivity contribution >= 4 is 90.1 Å². The van der Waals surface area contributed by atoms with Crippen LogP contribution in [0.15, 0.2) is 323 Å². The van der Waals surface area contributed by atoms with Gasteiger partial charge in [-0.2, -0.15) is 13.2 Å². The summed E-state index contributed by atoms with van der Waals surface area (Å²) in [7, 11) is 0.248. The van der Waals surface area contributed by atoms with Gasteiger partial charge >= 0.3 is 12.0 Å². The number of amides is 2. The van der Waals surface area contributed by atoms with Crippen molar-refractivity contribution in [2.24, 2.45) is 10.9 Å². The molecule has 0 bridgehead atoms. The van der Waals surface area contributed by atoms with E-state index in [1.165, 1.54) is 147 Å². The molecule has 18 N–H and O–H groups in total. The Morgan fingerprint density at radius 1 is 0.575 bits per heavy atom. The molecule has 0 unspecified atom stereocenters. The molecule has 3 heterocycles. The zero-order valence-electron chi connectivity index (χ0n) is 63.0. The number of phenols is 10. The molecule has 13 aromatic rings. The summed E-state index contributed by atoms with van der Waals surface area (Å²) in [5, 5.41) is 115. The molecule has 0 saturated carbocycles. The minimum Gasteiger partial charge on any atom is -0.508 e. The SMILES string of the molecule is CC(=O)Nc1ccc(O)cc1.CN(C)c1cccc(O)c1.NC(=O)c1ccc(O)cc1.NS(=O)(=O)c1ccc(O)cc1.O=Cc1ccc(O)cc1.O=[N+]([O-])c1ncccc1O.O=c1cccc(Cl)[nH]1.O=c1cccc[nH]1.Oc1ccc(Br)cc1.Oc1ccc(C(F)(F)F)cc1.Oc1ccc(Cl)cc1.Oc1ccc(F)cc1.[C-]#[N+]c1ccc(O)cc1. The van der Waals surface area contributed by atoms with E-state index in [2.05, 4.69) is 41.0 Å². The van der Waals surface area contributed by atoms with Gasteiger partial charge in [0.2, 0.25) is 38.7 Å². The number of pyridine rings is 3. The molecule has 630 valence electrons. The van der Waals surface area contributed by atoms with E-state index in [-0.39, 0.29) is 73.7 Å². The van der Waals surface area contributed by atoms with Gasteiger partial charge in [0.25, 0.3) is 0 Å². The number of anilines is 2. The molecule has 37 heteroatoms. The van der Waals surface area contributed by atoms with E-state index in [0.29, 0.717) is 44.2 Å². The highest BCUT2D eigenvalue weighted by molar-refractivity contribution is 9.10. The van der Waals surface area contributed by atoms with Crippen molar-refractivity contribution in [2.45, 2.75) is 18.0 Å². The number of nitro groups is 1. The third-order valence-corrected chi connectivity index (χ3v) is 14.8. The van der Waals surface area contributed by atoms with E-state index in [4.69, 9.17) is 96.8 Å². The molecule has 13 rings (SSSR count). The van der Waals surface area contributed by atoms with Crippen molar-refractivity contribution < 1.29 is 101 Å². The number of halogens is 7. The fourth-order valence-electron chi connectivity index (χ4n) is 7.16. The minimum atomic E-state index is -4.33. The first-order valence-electron chi connectivity index (χ1n) is 33.3. The van der Waals surface area contributed by atoms with Gasteiger partial charge in [-0.25, -0.2) is 22.8 Å². The molecule has 0 atom stereocenters. The number of H-pyrrole nitrogens is 2. The summed E-state index contributed by atoms with van der Waals surface area (Å²) in [4.78, 5) is 74.1. The van der Waals surface area contributed by atoms with Crippen molar-refractivity contribution in [2.75, 3.05) is 24.3 Å². The van der Waals surface area contributed by atoms with Gasteiger partial charge in [-0.15, -0.1) is 0 Å². The third kappa shape index (κ3) is 50.3. The average Bonchev–Trinajstić information content (AvgIpc) is 0.864. The van der Waals surface area contributed by atoms with Gasteiger partial charge in [0, 0.05) is 77.4 Å². The van der Waals surface area contributed by atoms with E-state index >= 15 is 0 Å². The number of primary sulfonamides is 1. The van der Waals surface area contributed by atoms with Gasteiger partial charge in [-0.3, -0.25) is 24.0 Å². The van der Waals surface area contributed by atoms with Crippen molar-refractivity contribution in [1.82, 2.24) is 15.0 Å². The highest BCUT2D eigenvalue weighted by Crippen LogP contribution is 2.30. The summed E-state index contributed by atoms with van der Waals surface area (Å²) in [5.74, 6) is -0.365. The summed E-state index contributed by atoms with van der Waals surface area (Å²) in [6.45, 7) is 7.99. The Labute approximate surface area is 701 Å². The lowest BCUT2D eigenvalue weighted by molar-refractivity contribution is -0.390. The smallest absolute Gasteiger partial charge is 0.416 e. The quantitative estimate of drug-likeness (QED) is 0.0140. The maximum absolute atomic E-state index is 12.0. The molecule has 0 saturated heterocycles. The molecule has 0 aliphatic rings. The standard InChI is InChI=1S/C8H9NO2.C8H11NO.C7H5F3O.C7H7NO2.C7H5NO.C7H6O2.C6H5BrO.C6H5ClO.C6H5FO.C6H7NO3S.C5H4ClNO.C5H4N2O3.C5H5NO/c1-6(10)9-7-2-4-8(11)5-3-7;1-9(2)7-4-3-5-8(10)6-7;8-7(9,10)5-1-3-6(11)4-2-5;8-7(10)5-1-3-6(9)4-2-5;1-8-6-2-4-7(9)5-3-6;8-5-6-1-3-7(9)4-2-6;3*7-5-1-3-6(8)4-2-5;7-11(9,10)6-3-1-5(8)2-4-6;6-4-2-1-3-5(8)7-4;8-4-2-1-3-6-5(4)7(9)10;7-5-3-1-2-4-6-5/h2-5,11H,1H3,(H,9,10);3-6,10H,1-2H3;1-4,11H;1-4,9H,(H2,8,10);2-5,9H;1-5,9H;3*1-4,8H;1-4,8H,(H2,7,9,10);1-3H,(H,7,8);1-3,8H;1-4H,(H,6,7). The number of nitrogens with zero attached hydrogens (tertiary/aromatic N) is 4. The van der Waals surface area contributed by atoms with E-state index in [1.54, 1.807) is 128 Å². The van der Waals surface area contributed by atoms with Crippen LogP contribution in [0.4, 0.5) is 40.4 Å². The van der Waals surface area contributed by atoms with Crippen LogP contribution in [0, 0.1) is 22.5 Å². The third-order valence-electron chi connectivity index (χ3n) is 12.9. The molecular weight excluding hydrogens is 1700 g/mol. The summed E-state index contributed by atoms with van der Waals surface area (Å²) in [6.07, 6.45) is -0.743. The van der Waals surface area contributed by atoms with Gasteiger partial charge in [-0.05, 0) is 253 Å². The first-order valence-corrected chi connectivity index (χ1v) is 36.4. The number of hydrogen-bond acceptors (Lipinski definition) is 22. The zero-order valence-corrected chi connectivity index (χ0v) is 67.0. The van der Waals surface area contributed by atoms with Crippen molar-refractivity contribution in [1.29, 1.82) is 0 Å². The number of aldehydes is 1. The van der Waals surface area contributed by atoms with E-state index in [9.17, 15) is 60.1 Å². The fraction of sp³-hybridized carbons (Fsp3) is 0.0482. The second-order valence-electron chi connectivity index (χ2n) is 22.6. The maximum Gasteiger partial charge on any atom is 0.416 e. The summed E-state index contributed by atoms with van der Waals surface area (Å²) >= 11 is 14.1. The predicted octanol–water partition coefficient (Wildman–Crippen LogP) is 16.7. The predicted molar refractivity (Wildman–Crippen MR) is 451 cm³/mol. The van der Waals surface area contributed by atoms with Crippen LogP contribution in [-0.2, 0) is 21.0 Å². The molecular formula is C83H78BrCl2F4N9O20S.